The van der Waals surface area contributed by atoms with E-state index in [1.54, 1.807) is 18.2 Å². The number of ether oxygens (including phenoxy) is 3. The summed E-state index contributed by atoms with van der Waals surface area (Å²) in [5, 5.41) is 10.7. The molecule has 8 nitrogen and oxygen atoms in total. The van der Waals surface area contributed by atoms with Gasteiger partial charge in [-0.1, -0.05) is 26.0 Å². The number of anilines is 1. The maximum atomic E-state index is 13.8. The maximum absolute atomic E-state index is 13.8. The molecular formula is C35H34F6N3NaO5. The molecule has 0 atom stereocenters. The number of alkyl halides is 6. The minimum atomic E-state index is -5.04. The molecule has 0 spiro atoms. The molecule has 0 amide bonds. The molecule has 0 fully saturated rings. The molecule has 4 aromatic rings. The number of carboxylic acid groups (broad SMARTS) is 1. The summed E-state index contributed by atoms with van der Waals surface area (Å²) in [7, 11) is 2.98. The van der Waals surface area contributed by atoms with E-state index in [2.05, 4.69) is 9.97 Å². The average molecular weight is 714 g/mol. The van der Waals surface area contributed by atoms with Gasteiger partial charge in [-0.25, -0.2) is 9.97 Å². The number of hydrogen-bond donors (Lipinski definition) is 0. The second-order valence-electron chi connectivity index (χ2n) is 11.5. The smallest absolute Gasteiger partial charge is 0.550 e. The third kappa shape index (κ3) is 10.7. The molecule has 0 aliphatic rings. The number of halogens is 6. The van der Waals surface area contributed by atoms with Gasteiger partial charge in [0.1, 0.15) is 11.5 Å². The topological polar surface area (TPSA) is 96.8 Å². The predicted molar refractivity (Wildman–Crippen MR) is 167 cm³/mol. The van der Waals surface area contributed by atoms with E-state index in [9.17, 15) is 36.2 Å². The minimum absolute atomic E-state index is 0. The molecule has 0 bridgehead atoms. The Morgan fingerprint density at radius 3 is 2.00 bits per heavy atom. The van der Waals surface area contributed by atoms with Crippen LogP contribution in [0.1, 0.15) is 60.4 Å². The Labute approximate surface area is 307 Å². The monoisotopic (exact) mass is 713 g/mol. The molecule has 0 aliphatic heterocycles. The Morgan fingerprint density at radius 1 is 0.820 bits per heavy atom. The van der Waals surface area contributed by atoms with E-state index in [1.807, 2.05) is 32.0 Å². The van der Waals surface area contributed by atoms with Crippen LogP contribution in [0.4, 0.5) is 32.3 Å². The fourth-order valence-electron chi connectivity index (χ4n) is 5.07. The summed E-state index contributed by atoms with van der Waals surface area (Å²) in [4.78, 5) is 20.7. The van der Waals surface area contributed by atoms with Crippen molar-refractivity contribution in [3.63, 3.8) is 0 Å². The van der Waals surface area contributed by atoms with Gasteiger partial charge in [0.15, 0.2) is 5.75 Å². The molecular weight excluding hydrogens is 679 g/mol. The van der Waals surface area contributed by atoms with Gasteiger partial charge in [0, 0.05) is 24.6 Å². The Morgan fingerprint density at radius 2 is 1.46 bits per heavy atom. The first-order valence-corrected chi connectivity index (χ1v) is 15.1. The second kappa shape index (κ2) is 17.3. The number of benzene rings is 3. The van der Waals surface area contributed by atoms with Gasteiger partial charge in [0.25, 0.3) is 0 Å². The SMILES string of the molecule is COc1ccc(-c2cc(C(C)C)ccc2OC)c(CN(Cc2cc(C(F)(F)F)cc(C(F)(F)F)c2)c2ncc(OCCCC(=O)[O-])cn2)c1.[Na+]. The molecule has 262 valence electrons. The van der Waals surface area contributed by atoms with Crippen LogP contribution >= 0.6 is 0 Å². The third-order valence-electron chi connectivity index (χ3n) is 7.57. The molecule has 0 saturated carbocycles. The molecule has 50 heavy (non-hydrogen) atoms. The number of nitrogens with zero attached hydrogens (tertiary/aromatic N) is 3. The van der Waals surface area contributed by atoms with Crippen molar-refractivity contribution in [1.82, 2.24) is 9.97 Å². The van der Waals surface area contributed by atoms with Crippen molar-refractivity contribution in [1.29, 1.82) is 0 Å². The van der Waals surface area contributed by atoms with E-state index < -0.39 is 36.0 Å². The quantitative estimate of drug-likeness (QED) is 0.108. The zero-order valence-electron chi connectivity index (χ0n) is 28.1. The predicted octanol–water partition coefficient (Wildman–Crippen LogP) is 4.44. The van der Waals surface area contributed by atoms with Gasteiger partial charge < -0.3 is 29.0 Å². The Balaban J connectivity index is 0.00000676. The average Bonchev–Trinajstić information content (AvgIpc) is 3.05. The maximum Gasteiger partial charge on any atom is 1.00 e. The molecule has 0 aliphatic carbocycles. The zero-order chi connectivity index (χ0) is 35.9. The number of carbonyl (C=O) groups is 1. The number of carbonyl (C=O) groups excluding carboxylic acids is 1. The van der Waals surface area contributed by atoms with Gasteiger partial charge >= 0.3 is 41.9 Å². The van der Waals surface area contributed by atoms with Crippen molar-refractivity contribution >= 4 is 11.9 Å². The summed E-state index contributed by atoms with van der Waals surface area (Å²) in [6.45, 7) is 3.56. The Hall–Kier alpha value is -4.01. The normalized spacial score (nSPS) is 11.6. The van der Waals surface area contributed by atoms with E-state index in [0.29, 0.717) is 40.3 Å². The molecule has 15 heteroatoms. The van der Waals surface area contributed by atoms with Gasteiger partial charge in [-0.15, -0.1) is 0 Å². The molecule has 0 saturated heterocycles. The van der Waals surface area contributed by atoms with Crippen LogP contribution in [0.3, 0.4) is 0 Å². The fraction of sp³-hybridized carbons (Fsp3) is 0.343. The minimum Gasteiger partial charge on any atom is -0.550 e. The molecule has 4 rings (SSSR count). The fourth-order valence-corrected chi connectivity index (χ4v) is 5.07. The molecule has 0 unspecified atom stereocenters. The first-order valence-electron chi connectivity index (χ1n) is 15.1. The Kier molecular flexibility index (Phi) is 14.0. The Bertz CT molecular complexity index is 1720. The summed E-state index contributed by atoms with van der Waals surface area (Å²) < 4.78 is 99.2. The molecule has 1 aromatic heterocycles. The van der Waals surface area contributed by atoms with Crippen LogP contribution in [0.5, 0.6) is 17.2 Å². The summed E-state index contributed by atoms with van der Waals surface area (Å²) in [6.07, 6.45) is -7.58. The van der Waals surface area contributed by atoms with Gasteiger partial charge in [-0.05, 0) is 83.5 Å². The van der Waals surface area contributed by atoms with Crippen molar-refractivity contribution in [2.75, 3.05) is 25.7 Å². The van der Waals surface area contributed by atoms with Gasteiger partial charge in [0.2, 0.25) is 5.95 Å². The molecule has 0 N–H and O–H groups in total. The number of carboxylic acids is 1. The standard InChI is InChI=1S/C35H35F6N3O5.Na/c1-21(2)23-7-10-31(48-4)30(15-23)29-9-8-27(47-3)14-24(29)20-44(33-42-17-28(18-43-33)49-11-5-6-32(45)46)19-22-12-25(34(36,37)38)16-26(13-22)35(39,40)41;/h7-10,12-18,21H,5-6,11,19-20H2,1-4H3,(H,45,46);/q;+1/p-1. The van der Waals surface area contributed by atoms with Gasteiger partial charge in [-0.2, -0.15) is 26.3 Å². The summed E-state index contributed by atoms with van der Waals surface area (Å²) in [5.41, 5.74) is -0.183. The largest absolute Gasteiger partial charge is 1.00 e. The number of hydrogen-bond acceptors (Lipinski definition) is 8. The number of methoxy groups -OCH3 is 2. The van der Waals surface area contributed by atoms with Crippen LogP contribution < -0.4 is 53.8 Å². The van der Waals surface area contributed by atoms with Crippen molar-refractivity contribution in [2.24, 2.45) is 0 Å². The molecule has 3 aromatic carbocycles. The number of aliphatic carboxylic acids is 1. The summed E-state index contributed by atoms with van der Waals surface area (Å²) >= 11 is 0. The van der Waals surface area contributed by atoms with Crippen LogP contribution in [-0.2, 0) is 30.2 Å². The summed E-state index contributed by atoms with van der Waals surface area (Å²) in [6, 6.07) is 12.4. The van der Waals surface area contributed by atoms with Crippen LogP contribution in [0.25, 0.3) is 11.1 Å². The third-order valence-corrected chi connectivity index (χ3v) is 7.57. The number of rotatable bonds is 14. The molecule has 1 heterocycles. The van der Waals surface area contributed by atoms with E-state index in [-0.39, 0.29) is 84.8 Å². The second-order valence-corrected chi connectivity index (χ2v) is 11.5. The number of aromatic nitrogens is 2. The van der Waals surface area contributed by atoms with Crippen LogP contribution in [-0.4, -0.2) is 36.8 Å². The van der Waals surface area contributed by atoms with E-state index in [4.69, 9.17) is 14.2 Å². The van der Waals surface area contributed by atoms with Crippen molar-refractivity contribution in [3.8, 4) is 28.4 Å². The van der Waals surface area contributed by atoms with Crippen LogP contribution in [0, 0.1) is 0 Å². The van der Waals surface area contributed by atoms with Gasteiger partial charge in [0.05, 0.1) is 44.3 Å². The van der Waals surface area contributed by atoms with E-state index in [0.717, 1.165) is 5.56 Å². The van der Waals surface area contributed by atoms with Crippen molar-refractivity contribution in [2.45, 2.75) is 58.0 Å². The zero-order valence-corrected chi connectivity index (χ0v) is 30.1. The van der Waals surface area contributed by atoms with Crippen molar-refractivity contribution in [3.05, 3.63) is 94.8 Å². The summed E-state index contributed by atoms with van der Waals surface area (Å²) in [5.74, 6) is 0.0902. The first kappa shape index (κ1) is 40.4. The first-order chi connectivity index (χ1) is 23.1. The van der Waals surface area contributed by atoms with Crippen LogP contribution in [0.15, 0.2) is 67.0 Å². The van der Waals surface area contributed by atoms with E-state index >= 15 is 0 Å². The van der Waals surface area contributed by atoms with E-state index in [1.165, 1.54) is 31.5 Å². The molecule has 0 radical (unpaired) electrons. The van der Waals surface area contributed by atoms with Crippen molar-refractivity contribution < 1.29 is 80.0 Å². The van der Waals surface area contributed by atoms with Gasteiger partial charge in [-0.3, -0.25) is 0 Å². The van der Waals surface area contributed by atoms with Crippen LogP contribution in [0.2, 0.25) is 0 Å².